The van der Waals surface area contributed by atoms with E-state index in [1.54, 1.807) is 52.5 Å². The van der Waals surface area contributed by atoms with Crippen LogP contribution in [0.5, 0.6) is 0 Å². The number of likely N-dealkylation sites (N-methyl/N-ethyl adjacent to an activating group) is 1. The fraction of sp³-hybridized carbons (Fsp3) is 0.310. The lowest BCUT2D eigenvalue weighted by atomic mass is 10.0. The Hall–Kier alpha value is -4.47. The molecule has 0 aliphatic carbocycles. The van der Waals surface area contributed by atoms with Crippen molar-refractivity contribution in [1.82, 2.24) is 19.4 Å². The summed E-state index contributed by atoms with van der Waals surface area (Å²) >= 11 is 0. The van der Waals surface area contributed by atoms with Gasteiger partial charge in [-0.1, -0.05) is 0 Å². The Morgan fingerprint density at radius 3 is 2.51 bits per heavy atom. The van der Waals surface area contributed by atoms with Crippen LogP contribution in [0.25, 0.3) is 10.9 Å². The maximum absolute atomic E-state index is 14.9. The van der Waals surface area contributed by atoms with Crippen molar-refractivity contribution in [2.75, 3.05) is 37.1 Å². The van der Waals surface area contributed by atoms with E-state index >= 15 is 0 Å². The predicted octanol–water partition coefficient (Wildman–Crippen LogP) is 4.24. The smallest absolute Gasteiger partial charge is 0.254 e. The van der Waals surface area contributed by atoms with Crippen molar-refractivity contribution < 1.29 is 9.18 Å². The van der Waals surface area contributed by atoms with Crippen molar-refractivity contribution in [2.45, 2.75) is 33.2 Å². The molecule has 4 aromatic rings. The SMILES string of the molecule is Cc1nc(N[C@H](C)c2cc(N)cc(C)c2F)c2cc(N(C)c3cc(CC(=O)N(C)C)c(=O)n(C)c3)ccc2n1. The quantitative estimate of drug-likeness (QED) is 0.343. The van der Waals surface area contributed by atoms with E-state index in [0.29, 0.717) is 34.0 Å². The number of anilines is 4. The monoisotopic (exact) mass is 531 g/mol. The van der Waals surface area contributed by atoms with Crippen LogP contribution in [-0.2, 0) is 18.3 Å². The number of nitrogens with zero attached hydrogens (tertiary/aromatic N) is 5. The molecule has 2 aromatic heterocycles. The molecule has 0 unspecified atom stereocenters. The van der Waals surface area contributed by atoms with Crippen LogP contribution in [0.3, 0.4) is 0 Å². The number of hydrogen-bond donors (Lipinski definition) is 2. The minimum absolute atomic E-state index is 0.0121. The molecule has 10 heteroatoms. The van der Waals surface area contributed by atoms with Crippen LogP contribution >= 0.6 is 0 Å². The summed E-state index contributed by atoms with van der Waals surface area (Å²) < 4.78 is 16.4. The number of pyridine rings is 1. The van der Waals surface area contributed by atoms with Crippen LogP contribution in [0.2, 0.25) is 0 Å². The molecule has 0 saturated heterocycles. The Balaban J connectivity index is 1.74. The molecule has 2 aromatic carbocycles. The Morgan fingerprint density at radius 1 is 1.10 bits per heavy atom. The number of hydrogen-bond acceptors (Lipinski definition) is 7. The van der Waals surface area contributed by atoms with Gasteiger partial charge in [0.2, 0.25) is 5.91 Å². The number of amides is 1. The van der Waals surface area contributed by atoms with Gasteiger partial charge in [-0.15, -0.1) is 0 Å². The maximum atomic E-state index is 14.9. The summed E-state index contributed by atoms with van der Waals surface area (Å²) in [5.41, 5.74) is 9.91. The van der Waals surface area contributed by atoms with Gasteiger partial charge in [0.05, 0.1) is 23.7 Å². The van der Waals surface area contributed by atoms with Crippen LogP contribution < -0.4 is 21.5 Å². The summed E-state index contributed by atoms with van der Waals surface area (Å²) in [6, 6.07) is 10.3. The summed E-state index contributed by atoms with van der Waals surface area (Å²) in [5.74, 6) is 0.688. The van der Waals surface area contributed by atoms with Crippen LogP contribution in [0, 0.1) is 19.7 Å². The lowest BCUT2D eigenvalue weighted by molar-refractivity contribution is -0.127. The predicted molar refractivity (Wildman–Crippen MR) is 154 cm³/mol. The highest BCUT2D eigenvalue weighted by Gasteiger charge is 2.18. The molecule has 0 radical (unpaired) electrons. The number of nitrogens with one attached hydrogen (secondary N) is 1. The number of nitrogen functional groups attached to an aromatic ring is 1. The summed E-state index contributed by atoms with van der Waals surface area (Å²) in [4.78, 5) is 37.6. The second-order valence-corrected chi connectivity index (χ2v) is 10.1. The molecule has 39 heavy (non-hydrogen) atoms. The van der Waals surface area contributed by atoms with Crippen molar-refractivity contribution in [2.24, 2.45) is 7.05 Å². The van der Waals surface area contributed by atoms with Crippen molar-refractivity contribution in [1.29, 1.82) is 0 Å². The second-order valence-electron chi connectivity index (χ2n) is 10.1. The fourth-order valence-corrected chi connectivity index (χ4v) is 4.52. The Labute approximate surface area is 227 Å². The van der Waals surface area contributed by atoms with E-state index in [2.05, 4.69) is 15.3 Å². The van der Waals surface area contributed by atoms with Crippen LogP contribution in [0.15, 0.2) is 47.4 Å². The third-order valence-corrected chi connectivity index (χ3v) is 6.77. The summed E-state index contributed by atoms with van der Waals surface area (Å²) in [6.45, 7) is 5.36. The molecule has 0 bridgehead atoms. The zero-order chi connectivity index (χ0) is 28.6. The topological polar surface area (TPSA) is 109 Å². The van der Waals surface area contributed by atoms with Crippen LogP contribution in [0.1, 0.15) is 35.5 Å². The number of benzene rings is 2. The summed E-state index contributed by atoms with van der Waals surface area (Å²) in [6.07, 6.45) is 1.74. The first-order valence-corrected chi connectivity index (χ1v) is 12.6. The van der Waals surface area contributed by atoms with E-state index in [1.807, 2.05) is 44.0 Å². The van der Waals surface area contributed by atoms with Gasteiger partial charge < -0.3 is 25.4 Å². The van der Waals surface area contributed by atoms with E-state index in [-0.39, 0.29) is 23.7 Å². The van der Waals surface area contributed by atoms with Gasteiger partial charge in [0, 0.05) is 62.3 Å². The molecule has 0 saturated carbocycles. The normalized spacial score (nSPS) is 11.9. The molecule has 0 aliphatic heterocycles. The third-order valence-electron chi connectivity index (χ3n) is 6.77. The van der Waals surface area contributed by atoms with E-state index in [1.165, 1.54) is 9.47 Å². The molecule has 3 N–H and O–H groups in total. The lowest BCUT2D eigenvalue weighted by Crippen LogP contribution is -2.29. The first-order chi connectivity index (χ1) is 18.3. The number of aryl methyl sites for hydroxylation is 3. The van der Waals surface area contributed by atoms with Gasteiger partial charge in [-0.25, -0.2) is 14.4 Å². The number of carbonyl (C=O) groups excluding carboxylic acids is 1. The van der Waals surface area contributed by atoms with Crippen molar-refractivity contribution in [3.8, 4) is 0 Å². The van der Waals surface area contributed by atoms with Crippen molar-refractivity contribution in [3.05, 3.63) is 81.3 Å². The second kappa shape index (κ2) is 10.7. The van der Waals surface area contributed by atoms with Gasteiger partial charge in [0.15, 0.2) is 0 Å². The van der Waals surface area contributed by atoms with Gasteiger partial charge in [-0.2, -0.15) is 0 Å². The highest BCUT2D eigenvalue weighted by molar-refractivity contribution is 5.92. The number of fused-ring (bicyclic) bond motifs is 1. The van der Waals surface area contributed by atoms with Crippen LogP contribution in [-0.4, -0.2) is 46.5 Å². The molecule has 9 nitrogen and oxygen atoms in total. The minimum Gasteiger partial charge on any atom is -0.399 e. The average molecular weight is 532 g/mol. The minimum atomic E-state index is -0.411. The third kappa shape index (κ3) is 5.69. The van der Waals surface area contributed by atoms with E-state index in [4.69, 9.17) is 5.73 Å². The molecule has 2 heterocycles. The van der Waals surface area contributed by atoms with Gasteiger partial charge in [-0.3, -0.25) is 9.59 Å². The highest BCUT2D eigenvalue weighted by Crippen LogP contribution is 2.32. The zero-order valence-corrected chi connectivity index (χ0v) is 23.3. The van der Waals surface area contributed by atoms with Gasteiger partial charge >= 0.3 is 0 Å². The summed E-state index contributed by atoms with van der Waals surface area (Å²) in [5, 5.41) is 4.10. The van der Waals surface area contributed by atoms with E-state index < -0.39 is 6.04 Å². The number of rotatable bonds is 7. The largest absolute Gasteiger partial charge is 0.399 e. The Morgan fingerprint density at radius 2 is 1.82 bits per heavy atom. The zero-order valence-electron chi connectivity index (χ0n) is 23.3. The maximum Gasteiger partial charge on any atom is 0.254 e. The van der Waals surface area contributed by atoms with Gasteiger partial charge in [-0.05, 0) is 62.7 Å². The van der Waals surface area contributed by atoms with E-state index in [9.17, 15) is 14.0 Å². The molecule has 1 atom stereocenters. The Bertz CT molecular complexity index is 1630. The van der Waals surface area contributed by atoms with Crippen molar-refractivity contribution >= 4 is 39.7 Å². The Kier molecular flexibility index (Phi) is 7.58. The van der Waals surface area contributed by atoms with Gasteiger partial charge in [0.25, 0.3) is 5.56 Å². The number of nitrogens with two attached hydrogens (primary N) is 1. The first kappa shape index (κ1) is 27.6. The van der Waals surface area contributed by atoms with Gasteiger partial charge in [0.1, 0.15) is 17.5 Å². The highest BCUT2D eigenvalue weighted by atomic mass is 19.1. The number of aromatic nitrogens is 3. The number of halogens is 1. The molecule has 204 valence electrons. The average Bonchev–Trinajstić information content (AvgIpc) is 2.87. The summed E-state index contributed by atoms with van der Waals surface area (Å²) in [7, 11) is 6.88. The lowest BCUT2D eigenvalue weighted by Gasteiger charge is -2.23. The standard InChI is InChI=1S/C29H34FN7O2/c1-16-10-20(31)13-23(27(16)30)17(2)32-28-24-14-21(8-9-25(24)33-18(3)34-28)37(7)22-11-19(12-26(38)35(4)5)29(39)36(6)15-22/h8-11,13-15,17H,12,31H2,1-7H3,(H,32,33,34)/t17-/m1/s1. The first-order valence-electron chi connectivity index (χ1n) is 12.6. The molecule has 0 fully saturated rings. The molecule has 1 amide bonds. The molecular weight excluding hydrogens is 497 g/mol. The van der Waals surface area contributed by atoms with Crippen LogP contribution in [0.4, 0.5) is 27.3 Å². The molecular formula is C29H34FN7O2. The number of carbonyl (C=O) groups is 1. The molecule has 0 spiro atoms. The molecule has 4 rings (SSSR count). The van der Waals surface area contributed by atoms with Crippen molar-refractivity contribution in [3.63, 3.8) is 0 Å². The van der Waals surface area contributed by atoms with E-state index in [0.717, 1.165) is 22.3 Å². The molecule has 0 aliphatic rings. The fourth-order valence-electron chi connectivity index (χ4n) is 4.52.